The van der Waals surface area contributed by atoms with Crippen LogP contribution in [0.25, 0.3) is 0 Å². The lowest BCUT2D eigenvalue weighted by Crippen LogP contribution is -2.60. The Morgan fingerprint density at radius 2 is 1.05 bits per heavy atom. The Kier molecular flexibility index (Phi) is 33.3. The number of aliphatic carboxylic acids is 1. The molecule has 0 aliphatic heterocycles. The monoisotopic (exact) mass is 1180 g/mol. The Hall–Kier alpha value is -7.85. The van der Waals surface area contributed by atoms with Crippen LogP contribution in [0.3, 0.4) is 0 Å². The van der Waals surface area contributed by atoms with Gasteiger partial charge in [-0.25, -0.2) is 0 Å². The molecule has 2 rings (SSSR count). The van der Waals surface area contributed by atoms with Crippen LogP contribution < -0.4 is 64.6 Å². The molecule has 0 saturated carbocycles. The molecule has 0 saturated heterocycles. The molecule has 0 unspecified atom stereocenters. The summed E-state index contributed by atoms with van der Waals surface area (Å²) >= 11 is 4.04. The zero-order valence-electron chi connectivity index (χ0n) is 47.4. The van der Waals surface area contributed by atoms with Crippen molar-refractivity contribution in [2.75, 3.05) is 25.4 Å². The average Bonchev–Trinajstić information content (AvgIpc) is 3.50. The lowest BCUT2D eigenvalue weighted by atomic mass is 9.99. The number of aliphatic hydroxyl groups is 1. The molecular weight excluding hydrogens is 1100 g/mol. The minimum atomic E-state index is -1.49. The summed E-state index contributed by atoms with van der Waals surface area (Å²) < 4.78 is 0. The van der Waals surface area contributed by atoms with Gasteiger partial charge in [0.05, 0.1) is 25.6 Å². The van der Waals surface area contributed by atoms with Crippen molar-refractivity contribution >= 4 is 84.1 Å². The van der Waals surface area contributed by atoms with E-state index in [1.807, 2.05) is 27.7 Å². The van der Waals surface area contributed by atoms with Crippen LogP contribution in [0.5, 0.6) is 5.75 Å². The second kappa shape index (κ2) is 38.8. The van der Waals surface area contributed by atoms with Crippen molar-refractivity contribution < 1.29 is 72.9 Å². The van der Waals surface area contributed by atoms with Gasteiger partial charge in [0, 0.05) is 25.1 Å². The molecule has 0 aliphatic carbocycles. The number of nitrogens with two attached hydrogens (primary N) is 2. The largest absolute Gasteiger partial charge is 0.508 e. The third-order valence-electron chi connectivity index (χ3n) is 12.9. The molecule has 9 atom stereocenters. The summed E-state index contributed by atoms with van der Waals surface area (Å²) in [4.78, 5) is 156. The molecule has 0 fully saturated rings. The number of benzene rings is 2. The van der Waals surface area contributed by atoms with Crippen molar-refractivity contribution in [2.24, 2.45) is 17.4 Å². The molecule has 27 nitrogen and oxygen atoms in total. The fraction of sp³-hybridized carbons (Fsp3) is 0.564. The number of carboxylic acids is 1. The van der Waals surface area contributed by atoms with Crippen molar-refractivity contribution in [1.29, 1.82) is 0 Å². The molecule has 0 aliphatic rings. The van der Waals surface area contributed by atoms with Crippen LogP contribution in [0.15, 0.2) is 54.6 Å². The van der Waals surface area contributed by atoms with Crippen LogP contribution >= 0.6 is 12.6 Å². The Labute approximate surface area is 488 Å². The molecule has 83 heavy (non-hydrogen) atoms. The predicted octanol–water partition coefficient (Wildman–Crippen LogP) is -2.28. The van der Waals surface area contributed by atoms with E-state index in [-0.39, 0.29) is 68.9 Å². The highest BCUT2D eigenvalue weighted by molar-refractivity contribution is 7.80. The number of aliphatic hydroxyl groups excluding tert-OH is 1. The van der Waals surface area contributed by atoms with Gasteiger partial charge in [0.2, 0.25) is 65.5 Å². The lowest BCUT2D eigenvalue weighted by Gasteiger charge is -2.28. The molecule has 0 bridgehead atoms. The Morgan fingerprint density at radius 1 is 0.566 bits per heavy atom. The Bertz CT molecular complexity index is 2460. The summed E-state index contributed by atoms with van der Waals surface area (Å²) in [5.74, 6) is -9.82. The van der Waals surface area contributed by atoms with Crippen molar-refractivity contribution in [3.05, 3.63) is 65.7 Å². The van der Waals surface area contributed by atoms with E-state index in [0.29, 0.717) is 43.2 Å². The van der Waals surface area contributed by atoms with E-state index in [2.05, 4.69) is 65.8 Å². The van der Waals surface area contributed by atoms with Gasteiger partial charge in [0.25, 0.3) is 0 Å². The van der Waals surface area contributed by atoms with Gasteiger partial charge in [0.15, 0.2) is 0 Å². The average molecular weight is 1190 g/mol. The van der Waals surface area contributed by atoms with Gasteiger partial charge in [-0.3, -0.25) is 57.5 Å². The quantitative estimate of drug-likeness (QED) is 0.0190. The highest BCUT2D eigenvalue weighted by Gasteiger charge is 2.34. The molecule has 2 aromatic carbocycles. The van der Waals surface area contributed by atoms with E-state index in [1.165, 1.54) is 24.3 Å². The van der Waals surface area contributed by atoms with Crippen molar-refractivity contribution in [2.45, 2.75) is 166 Å². The van der Waals surface area contributed by atoms with Gasteiger partial charge in [-0.1, -0.05) is 95.8 Å². The van der Waals surface area contributed by atoms with E-state index in [4.69, 9.17) is 16.6 Å². The number of nitrogens with one attached hydrogen (secondary N) is 10. The summed E-state index contributed by atoms with van der Waals surface area (Å²) in [5, 5.41) is 54.1. The molecule has 460 valence electrons. The molecule has 17 N–H and O–H groups in total. The van der Waals surface area contributed by atoms with Crippen LogP contribution in [-0.4, -0.2) is 167 Å². The van der Waals surface area contributed by atoms with Crippen LogP contribution in [0, 0.1) is 5.92 Å². The van der Waals surface area contributed by atoms with Crippen molar-refractivity contribution in [3.8, 4) is 5.75 Å². The summed E-state index contributed by atoms with van der Waals surface area (Å²) in [6.45, 7) is 5.94. The minimum absolute atomic E-state index is 0.0218. The molecule has 0 heterocycles. The molecular formula is C55H84N12O15S. The number of rotatable bonds is 41. The molecule has 0 spiro atoms. The number of carbonyl (C=O) groups is 12. The highest BCUT2D eigenvalue weighted by atomic mass is 32.1. The Balaban J connectivity index is 2.24. The first-order chi connectivity index (χ1) is 39.5. The van der Waals surface area contributed by atoms with Gasteiger partial charge >= 0.3 is 5.97 Å². The van der Waals surface area contributed by atoms with Gasteiger partial charge in [0.1, 0.15) is 54.1 Å². The molecule has 2 aromatic rings. The number of phenolic OH excluding ortho intramolecular Hbond substituents is 1. The summed E-state index contributed by atoms with van der Waals surface area (Å²) in [7, 11) is 0. The second-order valence-corrected chi connectivity index (χ2v) is 20.6. The maximum atomic E-state index is 14.4. The van der Waals surface area contributed by atoms with Crippen LogP contribution in [0.4, 0.5) is 0 Å². The second-order valence-electron chi connectivity index (χ2n) is 20.3. The van der Waals surface area contributed by atoms with Crippen LogP contribution in [0.2, 0.25) is 0 Å². The molecule has 0 aromatic heterocycles. The number of carbonyl (C=O) groups excluding carboxylic acids is 11. The summed E-state index contributed by atoms with van der Waals surface area (Å²) in [6.07, 6.45) is 2.92. The number of carboxylic acid groups (broad SMARTS) is 1. The van der Waals surface area contributed by atoms with Gasteiger partial charge < -0.3 is 80.0 Å². The van der Waals surface area contributed by atoms with Gasteiger partial charge in [-0.15, -0.1) is 0 Å². The third-order valence-corrected chi connectivity index (χ3v) is 13.2. The lowest BCUT2D eigenvalue weighted by molar-refractivity contribution is -0.139. The zero-order chi connectivity index (χ0) is 62.0. The highest BCUT2D eigenvalue weighted by Crippen LogP contribution is 2.15. The van der Waals surface area contributed by atoms with E-state index in [9.17, 15) is 67.7 Å². The first kappa shape index (κ1) is 71.3. The normalized spacial score (nSPS) is 14.2. The van der Waals surface area contributed by atoms with Crippen molar-refractivity contribution in [3.63, 3.8) is 0 Å². The van der Waals surface area contributed by atoms with E-state index in [0.717, 1.165) is 6.42 Å². The molecule has 0 radical (unpaired) electrons. The summed E-state index contributed by atoms with van der Waals surface area (Å²) in [6, 6.07) is 3.11. The number of thiol groups is 1. The number of aromatic hydroxyl groups is 1. The minimum Gasteiger partial charge on any atom is -0.508 e. The number of phenols is 1. The predicted molar refractivity (Wildman–Crippen MR) is 307 cm³/mol. The number of hydrogen-bond donors (Lipinski definition) is 16. The maximum Gasteiger partial charge on any atom is 0.305 e. The van der Waals surface area contributed by atoms with Gasteiger partial charge in [-0.05, 0) is 67.7 Å². The van der Waals surface area contributed by atoms with Crippen molar-refractivity contribution in [1.82, 2.24) is 53.2 Å². The Morgan fingerprint density at radius 3 is 1.58 bits per heavy atom. The SMILES string of the molecule is CCCC[C@H](NC=O)C(=O)N[C@@H](CC(C)C)C(=O)N[C@@H](Cc1ccccc1)C(=O)N[C@@H](CCCC)C(=O)N[C@@H](Cc1ccc(O)cc1)C(=O)N[C@@H](CCCCNC(=O)[C@H](CO)NC(=O)[C@H](CS)NC(=O)CNC(=O)[C@@H](N)CC(=O)O)C(N)=O. The summed E-state index contributed by atoms with van der Waals surface area (Å²) in [5.41, 5.74) is 12.4. The number of unbranched alkanes of at least 4 members (excludes halogenated alkanes) is 3. The van der Waals surface area contributed by atoms with Crippen LogP contribution in [-0.2, 0) is 70.4 Å². The number of hydrogen-bond acceptors (Lipinski definition) is 16. The van der Waals surface area contributed by atoms with E-state index < -0.39 is 139 Å². The zero-order valence-corrected chi connectivity index (χ0v) is 48.3. The topological polar surface area (TPSA) is 438 Å². The first-order valence-electron chi connectivity index (χ1n) is 27.6. The standard InChI is InChI=1S/C55H84N12O15S/c1-5-7-16-38(60-31-69)50(77)64-40(24-32(3)4)52(79)66-41(25-33-14-10-9-11-15-33)54(81)63-39(17-8-6-2)51(78)65-42(26-34-19-21-35(70)22-20-34)53(80)62-37(47(57)74)18-12-13-23-58-49(76)43(29-68)67-55(82)44(30-83)61-45(71)28-59-48(75)36(56)27-46(72)73/h9-11,14-15,19-22,31-32,36-44,68,70,83H,5-8,12-13,16-18,23-30,56H2,1-4H3,(H2,57,74)(H,58,76)(H,59,75)(H,60,69)(H,61,71)(H,62,80)(H,63,81)(H,64,77)(H,65,78)(H,66,79)(H,67,82)(H,72,73)/t36-,37-,38-,39-,40-,41-,42-,43-,44-/m0/s1. The molecule has 28 heteroatoms. The van der Waals surface area contributed by atoms with E-state index in [1.54, 1.807) is 30.3 Å². The van der Waals surface area contributed by atoms with Crippen LogP contribution in [0.1, 0.15) is 109 Å². The molecule has 11 amide bonds. The number of primary amides is 1. The first-order valence-corrected chi connectivity index (χ1v) is 28.3. The fourth-order valence-electron chi connectivity index (χ4n) is 8.24. The smallest absolute Gasteiger partial charge is 0.305 e. The fourth-order valence-corrected chi connectivity index (χ4v) is 8.49. The maximum absolute atomic E-state index is 14.4. The van der Waals surface area contributed by atoms with Gasteiger partial charge in [-0.2, -0.15) is 12.6 Å². The number of amides is 11. The van der Waals surface area contributed by atoms with E-state index >= 15 is 0 Å². The third kappa shape index (κ3) is 27.7.